The number of carbonyl (C=O) groups excluding carboxylic acids is 1. The average Bonchev–Trinajstić information content (AvgIpc) is 2.17. The van der Waals surface area contributed by atoms with Crippen molar-refractivity contribution in [1.82, 2.24) is 5.48 Å². The molecule has 0 radical (unpaired) electrons. The number of hydrogen-bond donors (Lipinski definition) is 3. The van der Waals surface area contributed by atoms with Gasteiger partial charge in [-0.1, -0.05) is 6.07 Å². The molecule has 1 aromatic rings. The van der Waals surface area contributed by atoms with Gasteiger partial charge in [0.25, 0.3) is 5.91 Å². The third-order valence-electron chi connectivity index (χ3n) is 1.74. The lowest BCUT2D eigenvalue weighted by Crippen LogP contribution is -2.21. The van der Waals surface area contributed by atoms with Gasteiger partial charge >= 0.3 is 0 Å². The van der Waals surface area contributed by atoms with Crippen LogP contribution in [0.5, 0.6) is 5.75 Å². The Bertz CT molecular complexity index is 339. The number of rotatable bonds is 3. The van der Waals surface area contributed by atoms with Crippen molar-refractivity contribution in [1.29, 1.82) is 0 Å². The molecule has 0 fully saturated rings. The molecule has 0 unspecified atom stereocenters. The van der Waals surface area contributed by atoms with Crippen LogP contribution in [0.4, 0.5) is 0 Å². The van der Waals surface area contributed by atoms with Crippen LogP contribution in [-0.4, -0.2) is 18.1 Å². The number of nitrogens with two attached hydrogens (primary N) is 1. The van der Waals surface area contributed by atoms with E-state index in [1.54, 1.807) is 6.07 Å². The van der Waals surface area contributed by atoms with Crippen molar-refractivity contribution in [3.05, 3.63) is 29.3 Å². The average molecular weight is 196 g/mol. The van der Waals surface area contributed by atoms with E-state index in [1.165, 1.54) is 19.2 Å². The molecular weight excluding hydrogens is 184 g/mol. The van der Waals surface area contributed by atoms with E-state index >= 15 is 0 Å². The van der Waals surface area contributed by atoms with Crippen LogP contribution in [0, 0.1) is 0 Å². The molecule has 1 aromatic carbocycles. The zero-order chi connectivity index (χ0) is 10.6. The highest BCUT2D eigenvalue weighted by Crippen LogP contribution is 2.18. The molecule has 0 aliphatic heterocycles. The minimum atomic E-state index is -0.492. The maximum Gasteiger partial charge on any atom is 0.278 e. The second kappa shape index (κ2) is 4.59. The molecule has 0 saturated heterocycles. The maximum absolute atomic E-state index is 11.2. The van der Waals surface area contributed by atoms with Crippen molar-refractivity contribution in [2.45, 2.75) is 6.54 Å². The Morgan fingerprint density at radius 2 is 2.36 bits per heavy atom. The number of benzene rings is 1. The molecule has 14 heavy (non-hydrogen) atoms. The van der Waals surface area contributed by atoms with E-state index in [0.717, 1.165) is 5.56 Å². The summed E-state index contributed by atoms with van der Waals surface area (Å²) < 4.78 is 0. The quantitative estimate of drug-likeness (QED) is 0.600. The van der Waals surface area contributed by atoms with E-state index in [9.17, 15) is 9.90 Å². The number of nitrogens with one attached hydrogen (secondary N) is 1. The molecule has 4 N–H and O–H groups in total. The highest BCUT2D eigenvalue weighted by Gasteiger charge is 2.10. The van der Waals surface area contributed by atoms with Crippen LogP contribution >= 0.6 is 0 Å². The number of hydroxylamine groups is 1. The SMILES string of the molecule is CONC(=O)c1ccc(CN)cc1O. The van der Waals surface area contributed by atoms with Crippen molar-refractivity contribution < 1.29 is 14.7 Å². The lowest BCUT2D eigenvalue weighted by molar-refractivity contribution is 0.0535. The van der Waals surface area contributed by atoms with Crippen molar-refractivity contribution in [3.8, 4) is 5.75 Å². The summed E-state index contributed by atoms with van der Waals surface area (Å²) in [5.41, 5.74) is 8.39. The van der Waals surface area contributed by atoms with Crippen molar-refractivity contribution in [2.75, 3.05) is 7.11 Å². The normalized spacial score (nSPS) is 9.86. The maximum atomic E-state index is 11.2. The van der Waals surface area contributed by atoms with E-state index < -0.39 is 5.91 Å². The van der Waals surface area contributed by atoms with Gasteiger partial charge in [0.15, 0.2) is 0 Å². The Balaban J connectivity index is 2.94. The molecule has 0 saturated carbocycles. The third kappa shape index (κ3) is 2.21. The Morgan fingerprint density at radius 3 is 2.86 bits per heavy atom. The highest BCUT2D eigenvalue weighted by molar-refractivity contribution is 5.96. The van der Waals surface area contributed by atoms with Crippen LogP contribution in [0.2, 0.25) is 0 Å². The number of hydrogen-bond acceptors (Lipinski definition) is 4. The third-order valence-corrected chi connectivity index (χ3v) is 1.74. The Morgan fingerprint density at radius 1 is 1.64 bits per heavy atom. The van der Waals surface area contributed by atoms with Gasteiger partial charge in [-0.2, -0.15) is 0 Å². The highest BCUT2D eigenvalue weighted by atomic mass is 16.6. The standard InChI is InChI=1S/C9H12N2O3/c1-14-11-9(13)7-3-2-6(5-10)4-8(7)12/h2-4,12H,5,10H2,1H3,(H,11,13). The Kier molecular flexibility index (Phi) is 3.44. The van der Waals surface area contributed by atoms with Crippen LogP contribution in [0.3, 0.4) is 0 Å². The van der Waals surface area contributed by atoms with Crippen molar-refractivity contribution >= 4 is 5.91 Å². The first kappa shape index (κ1) is 10.5. The number of phenolic OH excluding ortho intramolecular Hbond substituents is 1. The van der Waals surface area contributed by atoms with Crippen LogP contribution in [0.25, 0.3) is 0 Å². The second-order valence-electron chi connectivity index (χ2n) is 2.69. The first-order valence-corrected chi connectivity index (χ1v) is 4.04. The van der Waals surface area contributed by atoms with Crippen molar-refractivity contribution in [3.63, 3.8) is 0 Å². The van der Waals surface area contributed by atoms with E-state index in [0.29, 0.717) is 6.54 Å². The van der Waals surface area contributed by atoms with Gasteiger partial charge in [-0.15, -0.1) is 0 Å². The molecule has 1 rings (SSSR count). The topological polar surface area (TPSA) is 84.6 Å². The van der Waals surface area contributed by atoms with Crippen LogP contribution in [-0.2, 0) is 11.4 Å². The first-order valence-electron chi connectivity index (χ1n) is 4.04. The molecule has 1 amide bonds. The summed E-state index contributed by atoms with van der Waals surface area (Å²) in [7, 11) is 1.32. The van der Waals surface area contributed by atoms with Gasteiger partial charge in [-0.05, 0) is 17.7 Å². The minimum Gasteiger partial charge on any atom is -0.507 e. The van der Waals surface area contributed by atoms with E-state index in [1.807, 2.05) is 0 Å². The van der Waals surface area contributed by atoms with Gasteiger partial charge in [0, 0.05) is 6.54 Å². The minimum absolute atomic E-state index is 0.109. The predicted octanol–water partition coefficient (Wildman–Crippen LogP) is 0.142. The molecule has 76 valence electrons. The number of amides is 1. The summed E-state index contributed by atoms with van der Waals surface area (Å²) in [6, 6.07) is 4.61. The van der Waals surface area contributed by atoms with Crippen molar-refractivity contribution in [2.24, 2.45) is 5.73 Å². The fourth-order valence-corrected chi connectivity index (χ4v) is 1.04. The van der Waals surface area contributed by atoms with Gasteiger partial charge in [-0.25, -0.2) is 5.48 Å². The smallest absolute Gasteiger partial charge is 0.278 e. The fourth-order valence-electron chi connectivity index (χ4n) is 1.04. The molecule has 0 aliphatic rings. The molecule has 5 heteroatoms. The van der Waals surface area contributed by atoms with Gasteiger partial charge in [0.1, 0.15) is 5.75 Å². The molecule has 0 bridgehead atoms. The Labute approximate surface area is 81.4 Å². The molecule has 5 nitrogen and oxygen atoms in total. The largest absolute Gasteiger partial charge is 0.507 e. The molecule has 0 heterocycles. The van der Waals surface area contributed by atoms with Gasteiger partial charge in [0.05, 0.1) is 12.7 Å². The summed E-state index contributed by atoms with van der Waals surface area (Å²) in [5.74, 6) is -0.601. The zero-order valence-corrected chi connectivity index (χ0v) is 7.78. The second-order valence-corrected chi connectivity index (χ2v) is 2.69. The molecule has 0 atom stereocenters. The summed E-state index contributed by atoms with van der Waals surface area (Å²) in [6.07, 6.45) is 0. The Hall–Kier alpha value is -1.59. The molecule has 0 aromatic heterocycles. The van der Waals surface area contributed by atoms with E-state index in [-0.39, 0.29) is 11.3 Å². The zero-order valence-electron chi connectivity index (χ0n) is 7.78. The van der Waals surface area contributed by atoms with E-state index in [4.69, 9.17) is 5.73 Å². The summed E-state index contributed by atoms with van der Waals surface area (Å²) in [6.45, 7) is 0.319. The lowest BCUT2D eigenvalue weighted by Gasteiger charge is -2.05. The number of carbonyl (C=O) groups is 1. The van der Waals surface area contributed by atoms with Gasteiger partial charge in [0.2, 0.25) is 0 Å². The molecular formula is C9H12N2O3. The summed E-state index contributed by atoms with van der Waals surface area (Å²) >= 11 is 0. The first-order chi connectivity index (χ1) is 6.69. The van der Waals surface area contributed by atoms with E-state index in [2.05, 4.69) is 10.3 Å². The molecule has 0 spiro atoms. The lowest BCUT2D eigenvalue weighted by atomic mass is 10.1. The van der Waals surface area contributed by atoms with Gasteiger partial charge < -0.3 is 10.8 Å². The number of phenols is 1. The monoisotopic (exact) mass is 196 g/mol. The van der Waals surface area contributed by atoms with Crippen LogP contribution < -0.4 is 11.2 Å². The summed E-state index contributed by atoms with van der Waals surface area (Å²) in [5, 5.41) is 9.45. The van der Waals surface area contributed by atoms with Crippen LogP contribution in [0.15, 0.2) is 18.2 Å². The molecule has 0 aliphatic carbocycles. The van der Waals surface area contributed by atoms with Crippen LogP contribution in [0.1, 0.15) is 15.9 Å². The summed E-state index contributed by atoms with van der Waals surface area (Å²) in [4.78, 5) is 15.7. The predicted molar refractivity (Wildman–Crippen MR) is 50.5 cm³/mol. The fraction of sp³-hybridized carbons (Fsp3) is 0.222. The van der Waals surface area contributed by atoms with Gasteiger partial charge in [-0.3, -0.25) is 9.63 Å². The number of aromatic hydroxyl groups is 1.